The number of hydrogen-bond acceptors (Lipinski definition) is 7. The summed E-state index contributed by atoms with van der Waals surface area (Å²) < 4.78 is 0. The van der Waals surface area contributed by atoms with Gasteiger partial charge in [0, 0.05) is 18.0 Å². The molecule has 296 valence electrons. The Bertz CT molecular complexity index is 1480. The number of nitrogens with one attached hydrogen (secondary N) is 4. The highest BCUT2D eigenvalue weighted by molar-refractivity contribution is 6.38. The number of carbonyl (C=O) groups excluding carboxylic acids is 6. The van der Waals surface area contributed by atoms with Crippen LogP contribution in [0.2, 0.25) is 0 Å². The molecule has 0 bridgehead atoms. The van der Waals surface area contributed by atoms with Crippen LogP contribution in [0.25, 0.3) is 0 Å². The van der Waals surface area contributed by atoms with Gasteiger partial charge in [-0.25, -0.2) is 0 Å². The van der Waals surface area contributed by atoms with Gasteiger partial charge in [-0.2, -0.15) is 0 Å². The molecular formula is C41H66N6O6. The van der Waals surface area contributed by atoms with Crippen LogP contribution in [-0.4, -0.2) is 101 Å². The van der Waals surface area contributed by atoms with E-state index >= 15 is 0 Å². The predicted octanol–water partition coefficient (Wildman–Crippen LogP) is 3.77. The Balaban J connectivity index is 1.38. The molecule has 0 aromatic heterocycles. The number of carbonyl (C=O) groups is 6. The zero-order valence-electron chi connectivity index (χ0n) is 33.6. The van der Waals surface area contributed by atoms with E-state index in [-0.39, 0.29) is 40.1 Å². The highest BCUT2D eigenvalue weighted by atomic mass is 16.2. The third-order valence-electron chi connectivity index (χ3n) is 14.0. The van der Waals surface area contributed by atoms with Gasteiger partial charge in [-0.05, 0) is 99.6 Å². The Morgan fingerprint density at radius 2 is 1.51 bits per heavy atom. The summed E-state index contributed by atoms with van der Waals surface area (Å²) in [5, 5.41) is 11.6. The van der Waals surface area contributed by atoms with Gasteiger partial charge in [-0.1, -0.05) is 74.3 Å². The van der Waals surface area contributed by atoms with Crippen molar-refractivity contribution in [3.05, 3.63) is 12.2 Å². The van der Waals surface area contributed by atoms with Gasteiger partial charge in [0.05, 0.1) is 12.1 Å². The van der Waals surface area contributed by atoms with Gasteiger partial charge in [0.2, 0.25) is 29.4 Å². The smallest absolute Gasteiger partial charge is 0.289 e. The summed E-state index contributed by atoms with van der Waals surface area (Å²) in [5.74, 6) is -2.93. The van der Waals surface area contributed by atoms with E-state index in [0.29, 0.717) is 37.8 Å². The van der Waals surface area contributed by atoms with Gasteiger partial charge in [-0.15, -0.1) is 0 Å². The first-order valence-electron chi connectivity index (χ1n) is 20.3. The average molecular weight is 739 g/mol. The number of ketones is 1. The van der Waals surface area contributed by atoms with Crippen LogP contribution in [0.15, 0.2) is 12.2 Å². The van der Waals surface area contributed by atoms with Crippen molar-refractivity contribution in [3.8, 4) is 0 Å². The van der Waals surface area contributed by atoms with E-state index in [4.69, 9.17) is 0 Å². The van der Waals surface area contributed by atoms with Crippen molar-refractivity contribution in [3.63, 3.8) is 0 Å². The summed E-state index contributed by atoms with van der Waals surface area (Å²) >= 11 is 0. The average Bonchev–Trinajstić information content (AvgIpc) is 3.28. The SMILES string of the molecule is C=C(C)[C@H](NC(=O)[C@@H]1CCCCN1CC)C(=O)N[C@H](C(=O)N1C[C@]2(C[C@H]1C(=O)N[C@@H](CCC)C(=O)C(=O)NC1CCC1)C(C)(C)C21CCC1)C(C)(C)C. The zero-order valence-corrected chi connectivity index (χ0v) is 33.6. The molecule has 3 aliphatic carbocycles. The van der Waals surface area contributed by atoms with Crippen molar-refractivity contribution < 1.29 is 28.8 Å². The fourth-order valence-electron chi connectivity index (χ4n) is 10.2. The number of hydrogen-bond donors (Lipinski definition) is 4. The number of amides is 5. The fraction of sp³-hybridized carbons (Fsp3) is 0.805. The Morgan fingerprint density at radius 3 is 2.02 bits per heavy atom. The highest BCUT2D eigenvalue weighted by Crippen LogP contribution is 2.88. The van der Waals surface area contributed by atoms with Crippen LogP contribution in [0.4, 0.5) is 0 Å². The maximum Gasteiger partial charge on any atom is 0.289 e. The van der Waals surface area contributed by atoms with Crippen LogP contribution in [0.5, 0.6) is 0 Å². The van der Waals surface area contributed by atoms with Gasteiger partial charge in [0.25, 0.3) is 5.91 Å². The molecule has 6 atom stereocenters. The van der Waals surface area contributed by atoms with Crippen molar-refractivity contribution in [2.75, 3.05) is 19.6 Å². The highest BCUT2D eigenvalue weighted by Gasteiger charge is 2.85. The molecule has 3 saturated carbocycles. The minimum Gasteiger partial charge on any atom is -0.347 e. The number of likely N-dealkylation sites (tertiary alicyclic amines) is 2. The molecule has 2 aliphatic heterocycles. The first-order valence-corrected chi connectivity index (χ1v) is 20.3. The van der Waals surface area contributed by atoms with Gasteiger partial charge in [-0.3, -0.25) is 33.7 Å². The second-order valence-electron chi connectivity index (χ2n) is 18.4. The quantitative estimate of drug-likeness (QED) is 0.156. The Kier molecular flexibility index (Phi) is 11.9. The molecule has 2 heterocycles. The van der Waals surface area contributed by atoms with Crippen molar-refractivity contribution in [2.45, 2.75) is 169 Å². The molecule has 12 nitrogen and oxygen atoms in total. The normalized spacial score (nSPS) is 27.8. The Labute approximate surface area is 316 Å². The van der Waals surface area contributed by atoms with E-state index in [2.05, 4.69) is 46.6 Å². The summed E-state index contributed by atoms with van der Waals surface area (Å²) in [4.78, 5) is 86.9. The van der Waals surface area contributed by atoms with Crippen LogP contribution < -0.4 is 21.3 Å². The Morgan fingerprint density at radius 1 is 0.849 bits per heavy atom. The number of rotatable bonds is 14. The van der Waals surface area contributed by atoms with E-state index in [1.165, 1.54) is 0 Å². The zero-order chi connectivity index (χ0) is 39.1. The van der Waals surface area contributed by atoms with Gasteiger partial charge < -0.3 is 26.2 Å². The predicted molar refractivity (Wildman–Crippen MR) is 203 cm³/mol. The lowest BCUT2D eigenvalue weighted by Crippen LogP contribution is -2.62. The molecule has 5 amide bonds. The molecule has 5 rings (SSSR count). The first kappa shape index (κ1) is 40.9. The number of nitrogens with zero attached hydrogens (tertiary/aromatic N) is 2. The van der Waals surface area contributed by atoms with Crippen molar-refractivity contribution in [1.82, 2.24) is 31.1 Å². The summed E-state index contributed by atoms with van der Waals surface area (Å²) in [6.45, 7) is 21.6. The third-order valence-corrected chi connectivity index (χ3v) is 14.0. The fourth-order valence-corrected chi connectivity index (χ4v) is 10.2. The van der Waals surface area contributed by atoms with Crippen LogP contribution in [-0.2, 0) is 28.8 Å². The summed E-state index contributed by atoms with van der Waals surface area (Å²) in [6.07, 6.45) is 9.85. The summed E-state index contributed by atoms with van der Waals surface area (Å²) in [7, 11) is 0. The molecule has 0 aromatic carbocycles. The molecular weight excluding hydrogens is 672 g/mol. The maximum absolute atomic E-state index is 14.9. The van der Waals surface area contributed by atoms with E-state index in [0.717, 1.165) is 64.5 Å². The second-order valence-corrected chi connectivity index (χ2v) is 18.4. The molecule has 0 unspecified atom stereocenters. The summed E-state index contributed by atoms with van der Waals surface area (Å²) in [5.41, 5.74) is -0.673. The van der Waals surface area contributed by atoms with Crippen molar-refractivity contribution in [1.29, 1.82) is 0 Å². The molecule has 53 heavy (non-hydrogen) atoms. The minimum absolute atomic E-state index is 0.0105. The maximum atomic E-state index is 14.9. The Hall–Kier alpha value is -3.28. The molecule has 0 radical (unpaired) electrons. The molecule has 5 aliphatic rings. The van der Waals surface area contributed by atoms with E-state index in [9.17, 15) is 28.8 Å². The molecule has 12 heteroatoms. The molecule has 2 saturated heterocycles. The van der Waals surface area contributed by atoms with Crippen LogP contribution in [0.3, 0.4) is 0 Å². The standard InChI is InChI=1S/C41H66N6O6/c1-10-16-27(31(48)36(52)42-26-17-14-18-26)43-34(50)29-23-41(39(8,9)40(41)20-15-21-40)24-47(29)37(53)32(38(5,6)7)45-35(51)30(25(3)4)44-33(49)28-19-12-13-22-46(28)11-2/h26-30,32H,3,10-24H2,1-2,4-9H3,(H,42,52)(H,43,50)(H,44,49)(H,45,51)/t27-,28-,29-,30-,32+,41+/m0/s1. The van der Waals surface area contributed by atoms with Crippen molar-refractivity contribution in [2.24, 2.45) is 21.7 Å². The van der Waals surface area contributed by atoms with Crippen LogP contribution in [0.1, 0.15) is 132 Å². The number of likely N-dealkylation sites (N-methyl/N-ethyl adjacent to an activating group) is 1. The van der Waals surface area contributed by atoms with Crippen molar-refractivity contribution >= 4 is 35.3 Å². The van der Waals surface area contributed by atoms with Gasteiger partial charge >= 0.3 is 0 Å². The topological polar surface area (TPSA) is 157 Å². The summed E-state index contributed by atoms with van der Waals surface area (Å²) in [6, 6.07) is -4.30. The van der Waals surface area contributed by atoms with E-state index in [1.54, 1.807) is 11.8 Å². The molecule has 2 spiro atoms. The number of piperidine rings is 1. The number of Topliss-reactive ketones (excluding diaryl/α,β-unsaturated/α-hetero) is 1. The molecule has 0 aromatic rings. The van der Waals surface area contributed by atoms with E-state index in [1.807, 2.05) is 34.6 Å². The molecule has 5 fully saturated rings. The van der Waals surface area contributed by atoms with Crippen LogP contribution in [0, 0.1) is 21.7 Å². The van der Waals surface area contributed by atoms with Gasteiger partial charge in [0.1, 0.15) is 18.1 Å². The monoisotopic (exact) mass is 739 g/mol. The lowest BCUT2D eigenvalue weighted by molar-refractivity contribution is -0.145. The van der Waals surface area contributed by atoms with E-state index < -0.39 is 53.1 Å². The number of fused-ring (bicyclic) bond motifs is 1. The van der Waals surface area contributed by atoms with Gasteiger partial charge in [0.15, 0.2) is 0 Å². The van der Waals surface area contributed by atoms with Crippen LogP contribution >= 0.6 is 0 Å². The minimum atomic E-state index is -1.04. The third kappa shape index (κ3) is 7.42. The lowest BCUT2D eigenvalue weighted by atomic mass is 9.73. The largest absolute Gasteiger partial charge is 0.347 e. The second kappa shape index (κ2) is 15.5. The molecule has 4 N–H and O–H groups in total. The lowest BCUT2D eigenvalue weighted by Gasteiger charge is -2.37. The first-order chi connectivity index (χ1) is 24.9.